The first-order valence-corrected chi connectivity index (χ1v) is 8.75. The Bertz CT molecular complexity index is 527. The minimum absolute atomic E-state index is 0. The summed E-state index contributed by atoms with van der Waals surface area (Å²) < 4.78 is 0. The van der Waals surface area contributed by atoms with E-state index < -0.39 is 0 Å². The molecule has 3 rings (SSSR count). The highest BCUT2D eigenvalue weighted by Gasteiger charge is 2.23. The number of hydrogen-bond acceptors (Lipinski definition) is 4. The van der Waals surface area contributed by atoms with Gasteiger partial charge in [0.1, 0.15) is 5.75 Å². The number of para-hydroxylation sites is 2. The van der Waals surface area contributed by atoms with Crippen LogP contribution in [0.15, 0.2) is 24.3 Å². The molecule has 2 saturated heterocycles. The van der Waals surface area contributed by atoms with Gasteiger partial charge >= 0.3 is 0 Å². The lowest BCUT2D eigenvalue weighted by Crippen LogP contribution is -2.48. The van der Waals surface area contributed by atoms with Crippen molar-refractivity contribution in [1.29, 1.82) is 0 Å². The zero-order valence-corrected chi connectivity index (χ0v) is 14.9. The molecule has 2 aliphatic rings. The van der Waals surface area contributed by atoms with Crippen LogP contribution < -0.4 is 10.2 Å². The number of piperidine rings is 1. The molecule has 2 N–H and O–H groups in total. The molecule has 0 saturated carbocycles. The summed E-state index contributed by atoms with van der Waals surface area (Å²) in [6.45, 7) is 5.27. The van der Waals surface area contributed by atoms with Crippen LogP contribution in [-0.2, 0) is 4.79 Å². The van der Waals surface area contributed by atoms with Crippen molar-refractivity contribution in [3.05, 3.63) is 24.3 Å². The molecular formula is C18H28ClN3O2. The van der Waals surface area contributed by atoms with Crippen LogP contribution in [0.2, 0.25) is 0 Å². The standard InChI is InChI=1S/C18H27N3O2.ClH/c22-17-4-2-1-3-16(17)20-11-13-21(14-12-20)18(23)6-5-15-7-9-19-10-8-15;/h1-4,15,19,22H,5-14H2;1H. The largest absolute Gasteiger partial charge is 0.506 e. The summed E-state index contributed by atoms with van der Waals surface area (Å²) in [5.41, 5.74) is 0.870. The normalized spacial score (nSPS) is 19.0. The second-order valence-corrected chi connectivity index (χ2v) is 6.59. The van der Waals surface area contributed by atoms with Crippen LogP contribution in [-0.4, -0.2) is 55.2 Å². The predicted octanol–water partition coefficient (Wildman–Crippen LogP) is 2.24. The lowest BCUT2D eigenvalue weighted by molar-refractivity contribution is -0.131. The maximum atomic E-state index is 12.4. The van der Waals surface area contributed by atoms with E-state index in [1.54, 1.807) is 6.07 Å². The molecule has 0 unspecified atom stereocenters. The predicted molar refractivity (Wildman–Crippen MR) is 99.0 cm³/mol. The highest BCUT2D eigenvalue weighted by atomic mass is 35.5. The van der Waals surface area contributed by atoms with E-state index >= 15 is 0 Å². The molecule has 0 radical (unpaired) electrons. The van der Waals surface area contributed by atoms with E-state index in [0.29, 0.717) is 24.0 Å². The number of carbonyl (C=O) groups is 1. The molecule has 1 aromatic carbocycles. The van der Waals surface area contributed by atoms with Gasteiger partial charge in [0, 0.05) is 32.6 Å². The van der Waals surface area contributed by atoms with Gasteiger partial charge in [-0.15, -0.1) is 12.4 Å². The topological polar surface area (TPSA) is 55.8 Å². The molecule has 1 aromatic rings. The number of piperazine rings is 1. The lowest BCUT2D eigenvalue weighted by Gasteiger charge is -2.36. The van der Waals surface area contributed by atoms with Gasteiger partial charge in [0.2, 0.25) is 5.91 Å². The number of rotatable bonds is 4. The number of aromatic hydroxyl groups is 1. The van der Waals surface area contributed by atoms with E-state index in [-0.39, 0.29) is 12.4 Å². The van der Waals surface area contributed by atoms with Crippen LogP contribution in [0.25, 0.3) is 0 Å². The van der Waals surface area contributed by atoms with Gasteiger partial charge in [0.15, 0.2) is 0 Å². The van der Waals surface area contributed by atoms with E-state index in [1.165, 1.54) is 12.8 Å². The second kappa shape index (κ2) is 9.14. The van der Waals surface area contributed by atoms with E-state index in [4.69, 9.17) is 0 Å². The number of hydrogen-bond donors (Lipinski definition) is 2. The summed E-state index contributed by atoms with van der Waals surface area (Å²) in [5.74, 6) is 1.32. The Morgan fingerprint density at radius 1 is 1.12 bits per heavy atom. The third-order valence-corrected chi connectivity index (χ3v) is 5.08. The molecule has 0 atom stereocenters. The molecular weight excluding hydrogens is 326 g/mol. The number of amides is 1. The summed E-state index contributed by atoms with van der Waals surface area (Å²) >= 11 is 0. The Hall–Kier alpha value is -1.46. The maximum absolute atomic E-state index is 12.4. The minimum Gasteiger partial charge on any atom is -0.506 e. The van der Waals surface area contributed by atoms with Gasteiger partial charge in [-0.3, -0.25) is 4.79 Å². The van der Waals surface area contributed by atoms with Gasteiger partial charge in [0.05, 0.1) is 5.69 Å². The SMILES string of the molecule is Cl.O=C(CCC1CCNCC1)N1CCN(c2ccccc2O)CC1. The molecule has 2 aliphatic heterocycles. The van der Waals surface area contributed by atoms with Crippen LogP contribution in [0.5, 0.6) is 5.75 Å². The van der Waals surface area contributed by atoms with Gasteiger partial charge < -0.3 is 20.2 Å². The monoisotopic (exact) mass is 353 g/mol. The molecule has 0 aromatic heterocycles. The van der Waals surface area contributed by atoms with Crippen LogP contribution >= 0.6 is 12.4 Å². The zero-order valence-electron chi connectivity index (χ0n) is 14.1. The van der Waals surface area contributed by atoms with Crippen molar-refractivity contribution in [2.24, 2.45) is 5.92 Å². The molecule has 1 amide bonds. The second-order valence-electron chi connectivity index (χ2n) is 6.59. The first-order chi connectivity index (χ1) is 11.2. The Labute approximate surface area is 150 Å². The van der Waals surface area contributed by atoms with E-state index in [9.17, 15) is 9.90 Å². The van der Waals surface area contributed by atoms with E-state index in [1.807, 2.05) is 23.1 Å². The Morgan fingerprint density at radius 3 is 2.46 bits per heavy atom. The van der Waals surface area contributed by atoms with Crippen LogP contribution in [0.4, 0.5) is 5.69 Å². The van der Waals surface area contributed by atoms with Crippen molar-refractivity contribution in [2.45, 2.75) is 25.7 Å². The first-order valence-electron chi connectivity index (χ1n) is 8.75. The third kappa shape index (κ3) is 4.77. The molecule has 24 heavy (non-hydrogen) atoms. The first kappa shape index (κ1) is 18.9. The summed E-state index contributed by atoms with van der Waals surface area (Å²) in [5, 5.41) is 13.3. The van der Waals surface area contributed by atoms with Gasteiger partial charge in [-0.25, -0.2) is 0 Å². The summed E-state index contributed by atoms with van der Waals surface area (Å²) in [7, 11) is 0. The highest BCUT2D eigenvalue weighted by Crippen LogP contribution is 2.27. The molecule has 5 nitrogen and oxygen atoms in total. The zero-order chi connectivity index (χ0) is 16.1. The number of halogens is 1. The van der Waals surface area contributed by atoms with Crippen LogP contribution in [0, 0.1) is 5.92 Å². The smallest absolute Gasteiger partial charge is 0.222 e. The molecule has 0 bridgehead atoms. The fourth-order valence-electron chi connectivity index (χ4n) is 3.58. The number of carbonyl (C=O) groups excluding carboxylic acids is 1. The molecule has 0 spiro atoms. The minimum atomic E-state index is 0. The molecule has 6 heteroatoms. The van der Waals surface area contributed by atoms with Gasteiger partial charge in [0.25, 0.3) is 0 Å². The van der Waals surface area contributed by atoms with Crippen molar-refractivity contribution < 1.29 is 9.90 Å². The number of nitrogens with one attached hydrogen (secondary N) is 1. The number of phenols is 1. The number of benzene rings is 1. The quantitative estimate of drug-likeness (QED) is 0.871. The van der Waals surface area contributed by atoms with Gasteiger partial charge in [-0.1, -0.05) is 12.1 Å². The lowest BCUT2D eigenvalue weighted by atomic mass is 9.93. The van der Waals surface area contributed by atoms with Crippen molar-refractivity contribution in [2.75, 3.05) is 44.2 Å². The van der Waals surface area contributed by atoms with Gasteiger partial charge in [-0.2, -0.15) is 0 Å². The molecule has 2 heterocycles. The van der Waals surface area contributed by atoms with Crippen molar-refractivity contribution >= 4 is 24.0 Å². The van der Waals surface area contributed by atoms with E-state index in [0.717, 1.165) is 51.4 Å². The van der Waals surface area contributed by atoms with Crippen molar-refractivity contribution in [1.82, 2.24) is 10.2 Å². The summed E-state index contributed by atoms with van der Waals surface area (Å²) in [6, 6.07) is 7.42. The summed E-state index contributed by atoms with van der Waals surface area (Å²) in [6.07, 6.45) is 4.12. The maximum Gasteiger partial charge on any atom is 0.222 e. The Morgan fingerprint density at radius 2 is 1.79 bits per heavy atom. The fraction of sp³-hybridized carbons (Fsp3) is 0.611. The molecule has 0 aliphatic carbocycles. The average Bonchev–Trinajstić information content (AvgIpc) is 2.61. The van der Waals surface area contributed by atoms with Crippen LogP contribution in [0.3, 0.4) is 0 Å². The van der Waals surface area contributed by atoms with Crippen molar-refractivity contribution in [3.8, 4) is 5.75 Å². The number of nitrogens with zero attached hydrogens (tertiary/aromatic N) is 2. The number of anilines is 1. The van der Waals surface area contributed by atoms with Crippen LogP contribution in [0.1, 0.15) is 25.7 Å². The summed E-state index contributed by atoms with van der Waals surface area (Å²) in [4.78, 5) is 16.5. The number of phenolic OH excluding ortho intramolecular Hbond substituents is 1. The Kier molecular flexibility index (Phi) is 7.18. The third-order valence-electron chi connectivity index (χ3n) is 5.08. The Balaban J connectivity index is 0.00000208. The van der Waals surface area contributed by atoms with E-state index in [2.05, 4.69) is 10.2 Å². The fourth-order valence-corrected chi connectivity index (χ4v) is 3.58. The van der Waals surface area contributed by atoms with Gasteiger partial charge in [-0.05, 0) is 50.4 Å². The highest BCUT2D eigenvalue weighted by molar-refractivity contribution is 5.85. The average molecular weight is 354 g/mol. The van der Waals surface area contributed by atoms with Crippen molar-refractivity contribution in [3.63, 3.8) is 0 Å². The molecule has 134 valence electrons. The molecule has 2 fully saturated rings.